The fraction of sp³-hybridized carbons (Fsp3) is 0.692. The van der Waals surface area contributed by atoms with Crippen molar-refractivity contribution in [3.63, 3.8) is 0 Å². The second-order valence-corrected chi connectivity index (χ2v) is 5.70. The van der Waals surface area contributed by atoms with Gasteiger partial charge in [0.15, 0.2) is 5.82 Å². The van der Waals surface area contributed by atoms with Crippen LogP contribution in [-0.2, 0) is 10.3 Å². The summed E-state index contributed by atoms with van der Waals surface area (Å²) in [6.45, 7) is 4.60. The molecule has 0 amide bonds. The summed E-state index contributed by atoms with van der Waals surface area (Å²) in [6.07, 6.45) is 7.52. The van der Waals surface area contributed by atoms with Crippen molar-refractivity contribution in [2.45, 2.75) is 45.1 Å². The van der Waals surface area contributed by atoms with Gasteiger partial charge >= 0.3 is 0 Å². The molecule has 0 saturated heterocycles. The number of nitrogen functional groups attached to an aromatic ring is 1. The van der Waals surface area contributed by atoms with Crippen molar-refractivity contribution in [1.82, 2.24) is 9.97 Å². The molecule has 0 unspecified atom stereocenters. The molecule has 0 aromatic carbocycles. The molecule has 1 aromatic heterocycles. The zero-order chi connectivity index (χ0) is 12.5. The van der Waals surface area contributed by atoms with Gasteiger partial charge in [0.05, 0.1) is 18.1 Å². The first-order chi connectivity index (χ1) is 7.97. The number of methoxy groups -OCH3 is 1. The van der Waals surface area contributed by atoms with Gasteiger partial charge in [-0.1, -0.05) is 13.8 Å². The average Bonchev–Trinajstić information content (AvgIpc) is 2.31. The molecular weight excluding hydrogens is 214 g/mol. The highest BCUT2D eigenvalue weighted by Crippen LogP contribution is 2.45. The Hall–Kier alpha value is -1.16. The molecule has 0 spiro atoms. The van der Waals surface area contributed by atoms with Crippen LogP contribution in [0, 0.1) is 5.41 Å². The minimum Gasteiger partial charge on any atom is -0.396 e. The van der Waals surface area contributed by atoms with Crippen LogP contribution in [0.4, 0.5) is 5.69 Å². The van der Waals surface area contributed by atoms with E-state index in [1.54, 1.807) is 19.5 Å². The lowest BCUT2D eigenvalue weighted by atomic mass is 9.70. The Morgan fingerprint density at radius 3 is 2.12 bits per heavy atom. The first-order valence-corrected chi connectivity index (χ1v) is 6.11. The van der Waals surface area contributed by atoms with E-state index in [9.17, 15) is 0 Å². The van der Waals surface area contributed by atoms with Crippen LogP contribution < -0.4 is 5.73 Å². The largest absolute Gasteiger partial charge is 0.396 e. The fourth-order valence-corrected chi connectivity index (χ4v) is 2.42. The number of anilines is 1. The molecule has 1 aliphatic rings. The molecule has 94 valence electrons. The maximum atomic E-state index is 5.73. The molecule has 1 heterocycles. The summed E-state index contributed by atoms with van der Waals surface area (Å²) < 4.78 is 5.73. The van der Waals surface area contributed by atoms with Crippen molar-refractivity contribution in [2.75, 3.05) is 12.8 Å². The smallest absolute Gasteiger partial charge is 0.160 e. The SMILES string of the molecule is COC1(c2ncc(N)cn2)CCC(C)(C)CC1. The number of nitrogens with zero attached hydrogens (tertiary/aromatic N) is 2. The monoisotopic (exact) mass is 235 g/mol. The molecule has 2 N–H and O–H groups in total. The predicted octanol–water partition coefficient (Wildman–Crippen LogP) is 2.50. The first-order valence-electron chi connectivity index (χ1n) is 6.11. The van der Waals surface area contributed by atoms with Gasteiger partial charge in [-0.25, -0.2) is 9.97 Å². The van der Waals surface area contributed by atoms with Crippen molar-refractivity contribution in [3.05, 3.63) is 18.2 Å². The highest BCUT2D eigenvalue weighted by molar-refractivity contribution is 5.30. The van der Waals surface area contributed by atoms with Gasteiger partial charge in [-0.2, -0.15) is 0 Å². The van der Waals surface area contributed by atoms with Crippen LogP contribution in [-0.4, -0.2) is 17.1 Å². The third-order valence-electron chi connectivity index (χ3n) is 3.88. The highest BCUT2D eigenvalue weighted by Gasteiger charge is 2.41. The van der Waals surface area contributed by atoms with Crippen LogP contribution in [0.1, 0.15) is 45.4 Å². The summed E-state index contributed by atoms with van der Waals surface area (Å²) >= 11 is 0. The molecule has 1 saturated carbocycles. The van der Waals surface area contributed by atoms with E-state index < -0.39 is 0 Å². The van der Waals surface area contributed by atoms with Gasteiger partial charge in [0, 0.05) is 7.11 Å². The highest BCUT2D eigenvalue weighted by atomic mass is 16.5. The Balaban J connectivity index is 2.24. The summed E-state index contributed by atoms with van der Waals surface area (Å²) in [5.41, 5.74) is 6.29. The number of ether oxygens (including phenoxy) is 1. The van der Waals surface area contributed by atoms with Crippen molar-refractivity contribution >= 4 is 5.69 Å². The lowest BCUT2D eigenvalue weighted by Gasteiger charge is -2.41. The molecule has 0 radical (unpaired) electrons. The van der Waals surface area contributed by atoms with Crippen LogP contribution in [0.15, 0.2) is 12.4 Å². The number of hydrogen-bond donors (Lipinski definition) is 1. The standard InChI is InChI=1S/C13H21N3O/c1-12(2)4-6-13(17-3,7-5-12)11-15-8-10(14)9-16-11/h8-9H,4-7,14H2,1-3H3. The summed E-state index contributed by atoms with van der Waals surface area (Å²) in [4.78, 5) is 8.66. The van der Waals surface area contributed by atoms with Crippen molar-refractivity contribution in [3.8, 4) is 0 Å². The number of aromatic nitrogens is 2. The summed E-state index contributed by atoms with van der Waals surface area (Å²) in [6, 6.07) is 0. The lowest BCUT2D eigenvalue weighted by Crippen LogP contribution is -2.37. The zero-order valence-corrected chi connectivity index (χ0v) is 10.9. The topological polar surface area (TPSA) is 61.0 Å². The third kappa shape index (κ3) is 2.41. The van der Waals surface area contributed by atoms with Gasteiger partial charge in [-0.05, 0) is 31.1 Å². The molecule has 1 aromatic rings. The Morgan fingerprint density at radius 1 is 1.12 bits per heavy atom. The second-order valence-electron chi connectivity index (χ2n) is 5.70. The molecule has 0 aliphatic heterocycles. The lowest BCUT2D eigenvalue weighted by molar-refractivity contribution is -0.0729. The Labute approximate surface area is 103 Å². The molecule has 1 fully saturated rings. The average molecular weight is 235 g/mol. The third-order valence-corrected chi connectivity index (χ3v) is 3.88. The first kappa shape index (κ1) is 12.3. The van der Waals surface area contributed by atoms with Gasteiger partial charge < -0.3 is 10.5 Å². The fourth-order valence-electron chi connectivity index (χ4n) is 2.42. The molecule has 2 rings (SSSR count). The van der Waals surface area contributed by atoms with Crippen LogP contribution in [0.3, 0.4) is 0 Å². The van der Waals surface area contributed by atoms with E-state index in [4.69, 9.17) is 10.5 Å². The molecule has 4 nitrogen and oxygen atoms in total. The summed E-state index contributed by atoms with van der Waals surface area (Å²) in [7, 11) is 1.75. The summed E-state index contributed by atoms with van der Waals surface area (Å²) in [5, 5.41) is 0. The molecule has 1 aliphatic carbocycles. The van der Waals surface area contributed by atoms with Gasteiger partial charge in [-0.15, -0.1) is 0 Å². The number of rotatable bonds is 2. The van der Waals surface area contributed by atoms with E-state index in [2.05, 4.69) is 23.8 Å². The Morgan fingerprint density at radius 2 is 1.65 bits per heavy atom. The van der Waals surface area contributed by atoms with Crippen LogP contribution >= 0.6 is 0 Å². The van der Waals surface area contributed by atoms with E-state index in [1.165, 1.54) is 0 Å². The van der Waals surface area contributed by atoms with Gasteiger partial charge in [0.25, 0.3) is 0 Å². The van der Waals surface area contributed by atoms with Gasteiger partial charge in [0.1, 0.15) is 5.60 Å². The maximum absolute atomic E-state index is 5.73. The molecule has 0 atom stereocenters. The van der Waals surface area contributed by atoms with E-state index in [1.807, 2.05) is 0 Å². The van der Waals surface area contributed by atoms with Gasteiger partial charge in [-0.3, -0.25) is 0 Å². The molecule has 4 heteroatoms. The van der Waals surface area contributed by atoms with Crippen molar-refractivity contribution in [2.24, 2.45) is 5.41 Å². The van der Waals surface area contributed by atoms with Crippen LogP contribution in [0.5, 0.6) is 0 Å². The Kier molecular flexibility index (Phi) is 3.08. The number of nitrogens with two attached hydrogens (primary N) is 1. The van der Waals surface area contributed by atoms with Gasteiger partial charge in [0.2, 0.25) is 0 Å². The normalized spacial score (nSPS) is 22.3. The maximum Gasteiger partial charge on any atom is 0.160 e. The zero-order valence-electron chi connectivity index (χ0n) is 10.9. The molecule has 17 heavy (non-hydrogen) atoms. The summed E-state index contributed by atoms with van der Waals surface area (Å²) in [5.74, 6) is 0.768. The minimum absolute atomic E-state index is 0.316. The van der Waals surface area contributed by atoms with Crippen molar-refractivity contribution < 1.29 is 4.74 Å². The van der Waals surface area contributed by atoms with E-state index >= 15 is 0 Å². The number of hydrogen-bond acceptors (Lipinski definition) is 4. The van der Waals surface area contributed by atoms with Crippen LogP contribution in [0.25, 0.3) is 0 Å². The van der Waals surface area contributed by atoms with Crippen LogP contribution in [0.2, 0.25) is 0 Å². The Bertz CT molecular complexity index is 376. The second kappa shape index (κ2) is 4.26. The van der Waals surface area contributed by atoms with E-state index in [-0.39, 0.29) is 5.60 Å². The molecule has 0 bridgehead atoms. The van der Waals surface area contributed by atoms with Crippen molar-refractivity contribution in [1.29, 1.82) is 0 Å². The van der Waals surface area contributed by atoms with E-state index in [0.717, 1.165) is 31.5 Å². The van der Waals surface area contributed by atoms with E-state index in [0.29, 0.717) is 11.1 Å². The predicted molar refractivity (Wildman–Crippen MR) is 67.4 cm³/mol. The molecular formula is C13H21N3O. The minimum atomic E-state index is -0.316. The quantitative estimate of drug-likeness (QED) is 0.855.